The van der Waals surface area contributed by atoms with E-state index in [9.17, 15) is 10.1 Å². The van der Waals surface area contributed by atoms with Gasteiger partial charge in [0.15, 0.2) is 6.29 Å². The van der Waals surface area contributed by atoms with Crippen LogP contribution in [0, 0.1) is 11.3 Å². The van der Waals surface area contributed by atoms with E-state index in [1.807, 2.05) is 34.9 Å². The first-order valence-corrected chi connectivity index (χ1v) is 5.28. The molecule has 0 amide bonds. The predicted molar refractivity (Wildman–Crippen MR) is 60.1 cm³/mol. The first kappa shape index (κ1) is 9.17. The van der Waals surface area contributed by atoms with Crippen molar-refractivity contribution in [3.8, 4) is 6.07 Å². The van der Waals surface area contributed by atoms with Gasteiger partial charge in [-0.15, -0.1) is 0 Å². The van der Waals surface area contributed by atoms with Crippen molar-refractivity contribution in [3.05, 3.63) is 36.0 Å². The Kier molecular flexibility index (Phi) is 1.69. The molecular formula is C13H10N2O. The van der Waals surface area contributed by atoms with Crippen molar-refractivity contribution >= 4 is 17.2 Å². The lowest BCUT2D eigenvalue weighted by Crippen LogP contribution is -2.16. The van der Waals surface area contributed by atoms with E-state index in [1.165, 1.54) is 0 Å². The average molecular weight is 210 g/mol. The number of hydrogen-bond acceptors (Lipinski definition) is 2. The maximum atomic E-state index is 11.1. The molecule has 0 saturated heterocycles. The van der Waals surface area contributed by atoms with Crippen molar-refractivity contribution in [2.75, 3.05) is 0 Å². The van der Waals surface area contributed by atoms with E-state index in [-0.39, 0.29) is 0 Å². The molecule has 3 heteroatoms. The lowest BCUT2D eigenvalue weighted by molar-refractivity contribution is 0.111. The molecule has 3 rings (SSSR count). The molecule has 1 saturated carbocycles. The Labute approximate surface area is 92.9 Å². The van der Waals surface area contributed by atoms with Crippen molar-refractivity contribution in [2.24, 2.45) is 0 Å². The van der Waals surface area contributed by atoms with Gasteiger partial charge in [-0.2, -0.15) is 5.26 Å². The first-order valence-electron chi connectivity index (χ1n) is 5.28. The zero-order valence-corrected chi connectivity index (χ0v) is 8.68. The molecule has 1 aliphatic carbocycles. The second kappa shape index (κ2) is 2.96. The van der Waals surface area contributed by atoms with Crippen LogP contribution in [0.3, 0.4) is 0 Å². The molecule has 0 radical (unpaired) electrons. The minimum absolute atomic E-state index is 0.473. The summed E-state index contributed by atoms with van der Waals surface area (Å²) >= 11 is 0. The highest BCUT2D eigenvalue weighted by molar-refractivity contribution is 5.89. The number of nitriles is 1. The fourth-order valence-corrected chi connectivity index (χ4v) is 2.24. The van der Waals surface area contributed by atoms with Crippen LogP contribution < -0.4 is 0 Å². The highest BCUT2D eigenvalue weighted by atomic mass is 16.1. The average Bonchev–Trinajstić information content (AvgIpc) is 3.03. The Balaban J connectivity index is 2.37. The Morgan fingerprint density at radius 1 is 1.38 bits per heavy atom. The molecule has 0 unspecified atom stereocenters. The van der Waals surface area contributed by atoms with Crippen LogP contribution in [0.2, 0.25) is 0 Å². The lowest BCUT2D eigenvalue weighted by atomic mass is 10.2. The summed E-state index contributed by atoms with van der Waals surface area (Å²) in [4.78, 5) is 11.1. The summed E-state index contributed by atoms with van der Waals surface area (Å²) in [5.41, 5.74) is 1.10. The third kappa shape index (κ3) is 1.04. The second-order valence-corrected chi connectivity index (χ2v) is 4.22. The fraction of sp³-hybridized carbons (Fsp3) is 0.231. The molecule has 1 aliphatic rings. The summed E-state index contributed by atoms with van der Waals surface area (Å²) < 4.78 is 1.88. The normalized spacial score (nSPS) is 16.9. The molecule has 1 heterocycles. The number of para-hydroxylation sites is 1. The molecule has 16 heavy (non-hydrogen) atoms. The standard InChI is InChI=1S/C13H10N2O/c14-9-13(5-6-13)15-11(8-16)7-10-3-1-2-4-12(10)15/h1-4,7-8H,5-6H2. The van der Waals surface area contributed by atoms with E-state index >= 15 is 0 Å². The van der Waals surface area contributed by atoms with Crippen LogP contribution in [0.1, 0.15) is 23.3 Å². The zero-order chi connectivity index (χ0) is 11.2. The van der Waals surface area contributed by atoms with Crippen LogP contribution in [-0.4, -0.2) is 10.9 Å². The molecule has 1 aromatic heterocycles. The summed E-state index contributed by atoms with van der Waals surface area (Å²) in [5, 5.41) is 10.2. The van der Waals surface area contributed by atoms with Crippen molar-refractivity contribution in [2.45, 2.75) is 18.4 Å². The van der Waals surface area contributed by atoms with Gasteiger partial charge in [0.1, 0.15) is 5.54 Å². The van der Waals surface area contributed by atoms with E-state index < -0.39 is 5.54 Å². The summed E-state index contributed by atoms with van der Waals surface area (Å²) in [6.45, 7) is 0. The van der Waals surface area contributed by atoms with Crippen molar-refractivity contribution in [1.82, 2.24) is 4.57 Å². The van der Waals surface area contributed by atoms with E-state index in [4.69, 9.17) is 0 Å². The Hall–Kier alpha value is -2.08. The molecule has 3 nitrogen and oxygen atoms in total. The van der Waals surface area contributed by atoms with Crippen molar-refractivity contribution in [3.63, 3.8) is 0 Å². The number of fused-ring (bicyclic) bond motifs is 1. The maximum Gasteiger partial charge on any atom is 0.166 e. The molecule has 1 fully saturated rings. The molecule has 0 atom stereocenters. The minimum atomic E-state index is -0.473. The van der Waals surface area contributed by atoms with Crippen LogP contribution in [0.5, 0.6) is 0 Å². The number of carbonyl (C=O) groups excluding carboxylic acids is 1. The molecule has 0 aliphatic heterocycles. The smallest absolute Gasteiger partial charge is 0.166 e. The molecule has 1 aromatic carbocycles. The van der Waals surface area contributed by atoms with Crippen LogP contribution >= 0.6 is 0 Å². The van der Waals surface area contributed by atoms with Crippen LogP contribution in [0.4, 0.5) is 0 Å². The summed E-state index contributed by atoms with van der Waals surface area (Å²) in [6.07, 6.45) is 2.50. The van der Waals surface area contributed by atoms with Crippen molar-refractivity contribution < 1.29 is 4.79 Å². The molecule has 78 valence electrons. The van der Waals surface area contributed by atoms with E-state index in [1.54, 1.807) is 0 Å². The van der Waals surface area contributed by atoms with Gasteiger partial charge in [-0.05, 0) is 25.0 Å². The molecule has 0 spiro atoms. The number of benzene rings is 1. The van der Waals surface area contributed by atoms with Gasteiger partial charge in [0.2, 0.25) is 0 Å². The molecule has 0 bridgehead atoms. The Bertz CT molecular complexity index is 614. The highest BCUT2D eigenvalue weighted by Gasteiger charge is 2.46. The van der Waals surface area contributed by atoms with E-state index in [0.29, 0.717) is 5.69 Å². The number of nitrogens with zero attached hydrogens (tertiary/aromatic N) is 2. The molecule has 2 aromatic rings. The predicted octanol–water partition coefficient (Wildman–Crippen LogP) is 2.47. The van der Waals surface area contributed by atoms with Gasteiger partial charge < -0.3 is 4.57 Å². The topological polar surface area (TPSA) is 45.8 Å². The van der Waals surface area contributed by atoms with Gasteiger partial charge in [-0.3, -0.25) is 4.79 Å². The van der Waals surface area contributed by atoms with Crippen LogP contribution in [0.25, 0.3) is 10.9 Å². The zero-order valence-electron chi connectivity index (χ0n) is 8.68. The lowest BCUT2D eigenvalue weighted by Gasteiger charge is -2.12. The number of aromatic nitrogens is 1. The quantitative estimate of drug-likeness (QED) is 0.715. The SMILES string of the molecule is N#CC1(n2c(C=O)cc3ccccc32)CC1. The van der Waals surface area contributed by atoms with Crippen LogP contribution in [-0.2, 0) is 5.54 Å². The monoisotopic (exact) mass is 210 g/mol. The summed E-state index contributed by atoms with van der Waals surface area (Å²) in [7, 11) is 0. The molecule has 0 N–H and O–H groups in total. The van der Waals surface area contributed by atoms with Gasteiger partial charge >= 0.3 is 0 Å². The number of aldehydes is 1. The van der Waals surface area contributed by atoms with E-state index in [0.717, 1.165) is 30.0 Å². The van der Waals surface area contributed by atoms with Crippen LogP contribution in [0.15, 0.2) is 30.3 Å². The second-order valence-electron chi connectivity index (χ2n) is 4.22. The van der Waals surface area contributed by atoms with Gasteiger partial charge in [0.05, 0.1) is 17.3 Å². The summed E-state index contributed by atoms with van der Waals surface area (Å²) in [6, 6.07) is 12.0. The van der Waals surface area contributed by atoms with Gasteiger partial charge in [0, 0.05) is 5.39 Å². The van der Waals surface area contributed by atoms with E-state index in [2.05, 4.69) is 6.07 Å². The third-order valence-electron chi connectivity index (χ3n) is 3.22. The third-order valence-corrected chi connectivity index (χ3v) is 3.22. The highest BCUT2D eigenvalue weighted by Crippen LogP contribution is 2.45. The minimum Gasteiger partial charge on any atom is -0.319 e. The Morgan fingerprint density at radius 2 is 2.12 bits per heavy atom. The van der Waals surface area contributed by atoms with Gasteiger partial charge in [0.25, 0.3) is 0 Å². The number of rotatable bonds is 2. The Morgan fingerprint density at radius 3 is 2.75 bits per heavy atom. The fourth-order valence-electron chi connectivity index (χ4n) is 2.24. The van der Waals surface area contributed by atoms with Gasteiger partial charge in [-0.1, -0.05) is 18.2 Å². The number of hydrogen-bond donors (Lipinski definition) is 0. The van der Waals surface area contributed by atoms with Crippen molar-refractivity contribution in [1.29, 1.82) is 5.26 Å². The maximum absolute atomic E-state index is 11.1. The summed E-state index contributed by atoms with van der Waals surface area (Å²) in [5.74, 6) is 0. The van der Waals surface area contributed by atoms with Gasteiger partial charge in [-0.25, -0.2) is 0 Å². The number of carbonyl (C=O) groups is 1. The largest absolute Gasteiger partial charge is 0.319 e. The molecular weight excluding hydrogens is 200 g/mol. The first-order chi connectivity index (χ1) is 7.80.